The molecule has 0 aromatic rings. The number of carbonyl (C=O) groups excluding carboxylic acids is 1. The Hall–Kier alpha value is -1.33. The van der Waals surface area contributed by atoms with Crippen molar-refractivity contribution in [2.45, 2.75) is 20.8 Å². The van der Waals surface area contributed by atoms with Gasteiger partial charge in [-0.1, -0.05) is 0 Å². The molecule has 0 aromatic carbocycles. The topological polar surface area (TPSA) is 78.7 Å². The number of carbonyl (C=O) groups is 1. The zero-order chi connectivity index (χ0) is 10.5. The molecule has 0 N–H and O–H groups in total. The molecular formula is C7H13NO5. The van der Waals surface area contributed by atoms with Crippen LogP contribution in [0.1, 0.15) is 20.8 Å². The van der Waals surface area contributed by atoms with Gasteiger partial charge in [0.15, 0.2) is 0 Å². The van der Waals surface area contributed by atoms with E-state index in [0.29, 0.717) is 0 Å². The van der Waals surface area contributed by atoms with E-state index < -0.39 is 16.5 Å². The summed E-state index contributed by atoms with van der Waals surface area (Å²) in [6.45, 7) is 4.67. The third-order valence-electron chi connectivity index (χ3n) is 1.36. The van der Waals surface area contributed by atoms with Crippen LogP contribution in [0.2, 0.25) is 0 Å². The number of ether oxygens (including phenoxy) is 1. The van der Waals surface area contributed by atoms with Gasteiger partial charge in [-0.2, -0.15) is 0 Å². The van der Waals surface area contributed by atoms with Gasteiger partial charge in [0.2, 0.25) is 0 Å². The summed E-state index contributed by atoms with van der Waals surface area (Å²) < 4.78 is 4.70. The average Bonchev–Trinajstić information content (AvgIpc) is 2.01. The fourth-order valence-electron chi connectivity index (χ4n) is 0.599. The fraction of sp³-hybridized carbons (Fsp3) is 0.857. The second-order valence-corrected chi connectivity index (χ2v) is 3.10. The normalized spacial score (nSPS) is 10.7. The van der Waals surface area contributed by atoms with Crippen molar-refractivity contribution in [1.82, 2.24) is 0 Å². The molecule has 76 valence electrons. The van der Waals surface area contributed by atoms with Crippen LogP contribution in [-0.2, 0) is 14.4 Å². The van der Waals surface area contributed by atoms with Crippen LogP contribution in [0.3, 0.4) is 0 Å². The van der Waals surface area contributed by atoms with Crippen molar-refractivity contribution in [2.24, 2.45) is 5.41 Å². The van der Waals surface area contributed by atoms with Gasteiger partial charge in [0.25, 0.3) is 5.09 Å². The minimum atomic E-state index is -0.983. The smallest absolute Gasteiger partial charge is 0.313 e. The Kier molecular flexibility index (Phi) is 4.16. The lowest BCUT2D eigenvalue weighted by atomic mass is 9.95. The maximum atomic E-state index is 11.2. The summed E-state index contributed by atoms with van der Waals surface area (Å²) in [4.78, 5) is 25.1. The molecule has 0 bridgehead atoms. The van der Waals surface area contributed by atoms with Crippen LogP contribution < -0.4 is 0 Å². The monoisotopic (exact) mass is 191 g/mol. The molecule has 0 heterocycles. The lowest BCUT2D eigenvalue weighted by molar-refractivity contribution is -0.760. The summed E-state index contributed by atoms with van der Waals surface area (Å²) in [6.07, 6.45) is 0. The Morgan fingerprint density at radius 3 is 2.46 bits per heavy atom. The number of esters is 1. The van der Waals surface area contributed by atoms with E-state index in [0.717, 1.165) is 0 Å². The molecule has 0 saturated carbocycles. The molecule has 0 aliphatic rings. The Morgan fingerprint density at radius 1 is 1.54 bits per heavy atom. The van der Waals surface area contributed by atoms with Gasteiger partial charge in [-0.25, -0.2) is 0 Å². The van der Waals surface area contributed by atoms with Crippen molar-refractivity contribution in [3.8, 4) is 0 Å². The highest BCUT2D eigenvalue weighted by molar-refractivity contribution is 5.75. The zero-order valence-electron chi connectivity index (χ0n) is 7.90. The molecule has 0 saturated heterocycles. The van der Waals surface area contributed by atoms with E-state index in [1.807, 2.05) is 0 Å². The van der Waals surface area contributed by atoms with Crippen molar-refractivity contribution in [3.05, 3.63) is 10.1 Å². The average molecular weight is 191 g/mol. The third-order valence-corrected chi connectivity index (χ3v) is 1.36. The number of hydrogen-bond acceptors (Lipinski definition) is 5. The Morgan fingerprint density at radius 2 is 2.08 bits per heavy atom. The maximum Gasteiger partial charge on any atom is 0.313 e. The van der Waals surface area contributed by atoms with Crippen molar-refractivity contribution < 1.29 is 19.5 Å². The van der Waals surface area contributed by atoms with Gasteiger partial charge in [-0.15, -0.1) is 10.1 Å². The highest BCUT2D eigenvalue weighted by atomic mass is 16.9. The zero-order valence-corrected chi connectivity index (χ0v) is 7.90. The largest absolute Gasteiger partial charge is 0.466 e. The van der Waals surface area contributed by atoms with Crippen LogP contribution in [0.4, 0.5) is 0 Å². The van der Waals surface area contributed by atoms with Gasteiger partial charge in [0.1, 0.15) is 6.61 Å². The highest BCUT2D eigenvalue weighted by Crippen LogP contribution is 2.17. The van der Waals surface area contributed by atoms with E-state index in [1.54, 1.807) is 6.92 Å². The Bertz CT molecular complexity index is 201. The van der Waals surface area contributed by atoms with Gasteiger partial charge in [0.05, 0.1) is 12.0 Å². The maximum absolute atomic E-state index is 11.2. The van der Waals surface area contributed by atoms with Gasteiger partial charge in [0, 0.05) is 0 Å². The molecule has 0 spiro atoms. The van der Waals surface area contributed by atoms with Gasteiger partial charge in [-0.05, 0) is 20.8 Å². The van der Waals surface area contributed by atoms with Crippen molar-refractivity contribution >= 4 is 5.97 Å². The number of hydrogen-bond donors (Lipinski definition) is 0. The lowest BCUT2D eigenvalue weighted by Crippen LogP contribution is -2.32. The standard InChI is InChI=1S/C7H13NO5/c1-4-12-6(9)7(2,3)5-13-8(10)11/h4-5H2,1-3H3. The highest BCUT2D eigenvalue weighted by Gasteiger charge is 2.30. The van der Waals surface area contributed by atoms with Gasteiger partial charge < -0.3 is 9.57 Å². The molecule has 0 aromatic heterocycles. The predicted molar refractivity (Wildman–Crippen MR) is 43.4 cm³/mol. The summed E-state index contributed by atoms with van der Waals surface area (Å²) >= 11 is 0. The van der Waals surface area contributed by atoms with Crippen molar-refractivity contribution in [1.29, 1.82) is 0 Å². The van der Waals surface area contributed by atoms with Gasteiger partial charge in [-0.3, -0.25) is 4.79 Å². The molecule has 0 radical (unpaired) electrons. The van der Waals surface area contributed by atoms with Crippen LogP contribution in [-0.4, -0.2) is 24.3 Å². The molecule has 0 aliphatic carbocycles. The first-order chi connectivity index (χ1) is 5.90. The Labute approximate surface area is 75.9 Å². The first-order valence-corrected chi connectivity index (χ1v) is 3.84. The first kappa shape index (κ1) is 11.7. The van der Waals surface area contributed by atoms with Crippen LogP contribution >= 0.6 is 0 Å². The third kappa shape index (κ3) is 4.29. The second kappa shape index (κ2) is 4.64. The minimum absolute atomic E-state index is 0.251. The predicted octanol–water partition coefficient (Wildman–Crippen LogP) is 0.784. The summed E-state index contributed by atoms with van der Waals surface area (Å²) in [6, 6.07) is 0. The minimum Gasteiger partial charge on any atom is -0.466 e. The molecule has 0 unspecified atom stereocenters. The van der Waals surface area contributed by atoms with Gasteiger partial charge >= 0.3 is 5.97 Å². The van der Waals surface area contributed by atoms with Crippen LogP contribution in [0.5, 0.6) is 0 Å². The summed E-state index contributed by atoms with van der Waals surface area (Å²) in [5.74, 6) is -0.503. The quantitative estimate of drug-likeness (QED) is 0.364. The molecule has 6 nitrogen and oxygen atoms in total. The summed E-state index contributed by atoms with van der Waals surface area (Å²) in [7, 11) is 0. The molecule has 0 atom stereocenters. The summed E-state index contributed by atoms with van der Waals surface area (Å²) in [5, 5.41) is 8.93. The van der Waals surface area contributed by atoms with E-state index in [4.69, 9.17) is 4.74 Å². The molecule has 0 aliphatic heterocycles. The van der Waals surface area contributed by atoms with Crippen LogP contribution in [0.15, 0.2) is 0 Å². The lowest BCUT2D eigenvalue weighted by Gasteiger charge is -2.20. The fourth-order valence-corrected chi connectivity index (χ4v) is 0.599. The first-order valence-electron chi connectivity index (χ1n) is 3.84. The molecule has 0 rings (SSSR count). The molecule has 6 heteroatoms. The number of nitrogens with zero attached hydrogens (tertiary/aromatic N) is 1. The van der Waals surface area contributed by atoms with E-state index >= 15 is 0 Å². The second-order valence-electron chi connectivity index (χ2n) is 3.10. The van der Waals surface area contributed by atoms with Crippen LogP contribution in [0.25, 0.3) is 0 Å². The van der Waals surface area contributed by atoms with E-state index in [2.05, 4.69) is 4.84 Å². The SMILES string of the molecule is CCOC(=O)C(C)(C)CO[N+](=O)[O-]. The van der Waals surface area contributed by atoms with Crippen LogP contribution in [0, 0.1) is 15.5 Å². The van der Waals surface area contributed by atoms with Crippen molar-refractivity contribution in [2.75, 3.05) is 13.2 Å². The van der Waals surface area contributed by atoms with Crippen molar-refractivity contribution in [3.63, 3.8) is 0 Å². The summed E-state index contributed by atoms with van der Waals surface area (Å²) in [5.41, 5.74) is -0.983. The molecule has 0 amide bonds. The Balaban J connectivity index is 4.05. The molecular weight excluding hydrogens is 178 g/mol. The van der Waals surface area contributed by atoms with E-state index in [-0.39, 0.29) is 13.2 Å². The van der Waals surface area contributed by atoms with E-state index in [9.17, 15) is 14.9 Å². The van der Waals surface area contributed by atoms with E-state index in [1.165, 1.54) is 13.8 Å². The molecule has 13 heavy (non-hydrogen) atoms. The number of rotatable bonds is 5. The molecule has 0 fully saturated rings.